The highest BCUT2D eigenvalue weighted by atomic mass is 16.5. The molecular weight excluding hydrogens is 228 g/mol. The van der Waals surface area contributed by atoms with Gasteiger partial charge in [-0.15, -0.1) is 0 Å². The Kier molecular flexibility index (Phi) is 3.72. The topological polar surface area (TPSA) is 38.7 Å². The number of hydrogen-bond donors (Lipinski definition) is 1. The highest BCUT2D eigenvalue weighted by molar-refractivity contribution is 5.43. The quantitative estimate of drug-likeness (QED) is 0.898. The van der Waals surface area contributed by atoms with Crippen LogP contribution in [0.3, 0.4) is 0 Å². The molecule has 3 heteroatoms. The van der Waals surface area contributed by atoms with E-state index in [9.17, 15) is 5.11 Å². The number of phenols is 1. The van der Waals surface area contributed by atoms with Crippen LogP contribution >= 0.6 is 0 Å². The van der Waals surface area contributed by atoms with Gasteiger partial charge in [0, 0.05) is 0 Å². The molecule has 2 rings (SSSR count). The van der Waals surface area contributed by atoms with Crippen LogP contribution in [0, 0.1) is 0 Å². The number of aromatic hydroxyl groups is 1. The molecule has 0 saturated heterocycles. The van der Waals surface area contributed by atoms with Gasteiger partial charge in [0.05, 0.1) is 14.2 Å². The molecule has 3 nitrogen and oxygen atoms in total. The Labute approximate surface area is 107 Å². The van der Waals surface area contributed by atoms with Crippen molar-refractivity contribution in [2.45, 2.75) is 6.42 Å². The minimum absolute atomic E-state index is 0.165. The zero-order chi connectivity index (χ0) is 13.0. The fraction of sp³-hybridized carbons (Fsp3) is 0.200. The first kappa shape index (κ1) is 12.3. The molecule has 0 spiro atoms. The minimum Gasteiger partial charge on any atom is -0.504 e. The zero-order valence-electron chi connectivity index (χ0n) is 10.5. The lowest BCUT2D eigenvalue weighted by Crippen LogP contribution is -1.91. The normalized spacial score (nSPS) is 10.1. The first-order valence-electron chi connectivity index (χ1n) is 5.71. The lowest BCUT2D eigenvalue weighted by Gasteiger charge is -2.07. The Morgan fingerprint density at radius 2 is 1.72 bits per heavy atom. The lowest BCUT2D eigenvalue weighted by molar-refractivity contribution is 0.373. The standard InChI is InChI=1S/C15H16O3/c1-17-13-5-3-4-11(9-13)8-12-6-7-15(18-2)14(16)10-12/h3-7,9-10,16H,8H2,1-2H3. The summed E-state index contributed by atoms with van der Waals surface area (Å²) in [6.07, 6.45) is 0.745. The van der Waals surface area contributed by atoms with Gasteiger partial charge in [-0.25, -0.2) is 0 Å². The van der Waals surface area contributed by atoms with Gasteiger partial charge in [-0.1, -0.05) is 18.2 Å². The van der Waals surface area contributed by atoms with Gasteiger partial charge in [-0.2, -0.15) is 0 Å². The fourth-order valence-electron chi connectivity index (χ4n) is 1.86. The van der Waals surface area contributed by atoms with Crippen molar-refractivity contribution in [1.82, 2.24) is 0 Å². The molecule has 0 bridgehead atoms. The van der Waals surface area contributed by atoms with Crippen molar-refractivity contribution < 1.29 is 14.6 Å². The molecule has 0 fully saturated rings. The second-order valence-corrected chi connectivity index (χ2v) is 4.03. The molecule has 0 radical (unpaired) electrons. The van der Waals surface area contributed by atoms with E-state index in [0.29, 0.717) is 5.75 Å². The third-order valence-electron chi connectivity index (χ3n) is 2.79. The van der Waals surface area contributed by atoms with E-state index in [1.807, 2.05) is 30.3 Å². The molecule has 0 heterocycles. The number of hydrogen-bond acceptors (Lipinski definition) is 3. The molecule has 0 amide bonds. The van der Waals surface area contributed by atoms with E-state index >= 15 is 0 Å². The van der Waals surface area contributed by atoms with Crippen LogP contribution in [-0.4, -0.2) is 19.3 Å². The smallest absolute Gasteiger partial charge is 0.160 e. The van der Waals surface area contributed by atoms with Crippen LogP contribution in [0.2, 0.25) is 0 Å². The van der Waals surface area contributed by atoms with Crippen molar-refractivity contribution in [3.05, 3.63) is 53.6 Å². The van der Waals surface area contributed by atoms with Gasteiger partial charge in [0.25, 0.3) is 0 Å². The molecule has 0 saturated carbocycles. The van der Waals surface area contributed by atoms with Crippen LogP contribution in [-0.2, 0) is 6.42 Å². The monoisotopic (exact) mass is 244 g/mol. The highest BCUT2D eigenvalue weighted by Gasteiger charge is 2.04. The second-order valence-electron chi connectivity index (χ2n) is 4.03. The third kappa shape index (κ3) is 2.74. The van der Waals surface area contributed by atoms with Crippen molar-refractivity contribution >= 4 is 0 Å². The number of methoxy groups -OCH3 is 2. The van der Waals surface area contributed by atoms with Gasteiger partial charge >= 0.3 is 0 Å². The van der Waals surface area contributed by atoms with Crippen molar-refractivity contribution in [3.63, 3.8) is 0 Å². The van der Waals surface area contributed by atoms with Gasteiger partial charge in [0.15, 0.2) is 11.5 Å². The van der Waals surface area contributed by atoms with Crippen molar-refractivity contribution in [3.8, 4) is 17.2 Å². The molecule has 1 N–H and O–H groups in total. The van der Waals surface area contributed by atoms with E-state index in [0.717, 1.165) is 23.3 Å². The molecule has 94 valence electrons. The highest BCUT2D eigenvalue weighted by Crippen LogP contribution is 2.27. The summed E-state index contributed by atoms with van der Waals surface area (Å²) in [6, 6.07) is 13.3. The maximum atomic E-state index is 9.72. The first-order valence-corrected chi connectivity index (χ1v) is 5.71. The summed E-state index contributed by atoms with van der Waals surface area (Å²) in [7, 11) is 3.19. The summed E-state index contributed by atoms with van der Waals surface area (Å²) in [6.45, 7) is 0. The van der Waals surface area contributed by atoms with E-state index < -0.39 is 0 Å². The van der Waals surface area contributed by atoms with Gasteiger partial charge < -0.3 is 14.6 Å². The molecule has 0 atom stereocenters. The van der Waals surface area contributed by atoms with E-state index in [1.165, 1.54) is 7.11 Å². The Morgan fingerprint density at radius 3 is 2.39 bits per heavy atom. The van der Waals surface area contributed by atoms with Crippen LogP contribution < -0.4 is 9.47 Å². The van der Waals surface area contributed by atoms with E-state index in [1.54, 1.807) is 19.2 Å². The largest absolute Gasteiger partial charge is 0.504 e. The number of phenolic OH excluding ortho intramolecular Hbond substituents is 1. The van der Waals surface area contributed by atoms with E-state index in [4.69, 9.17) is 9.47 Å². The van der Waals surface area contributed by atoms with Crippen LogP contribution in [0.25, 0.3) is 0 Å². The summed E-state index contributed by atoms with van der Waals surface area (Å²) in [5.41, 5.74) is 2.17. The van der Waals surface area contributed by atoms with Crippen molar-refractivity contribution in [2.24, 2.45) is 0 Å². The first-order chi connectivity index (χ1) is 8.72. The number of benzene rings is 2. The SMILES string of the molecule is COc1cccc(Cc2ccc(OC)c(O)c2)c1. The molecule has 18 heavy (non-hydrogen) atoms. The van der Waals surface area contributed by atoms with Crippen molar-refractivity contribution in [2.75, 3.05) is 14.2 Å². The fourth-order valence-corrected chi connectivity index (χ4v) is 1.86. The molecule has 0 aliphatic heterocycles. The van der Waals surface area contributed by atoms with Gasteiger partial charge in [-0.05, 0) is 41.8 Å². The predicted molar refractivity (Wildman–Crippen MR) is 70.5 cm³/mol. The van der Waals surface area contributed by atoms with Gasteiger partial charge in [0.1, 0.15) is 5.75 Å². The second kappa shape index (κ2) is 5.45. The average molecular weight is 244 g/mol. The maximum Gasteiger partial charge on any atom is 0.160 e. The Bertz CT molecular complexity index is 535. The maximum absolute atomic E-state index is 9.72. The Morgan fingerprint density at radius 1 is 0.944 bits per heavy atom. The van der Waals surface area contributed by atoms with Crippen molar-refractivity contribution in [1.29, 1.82) is 0 Å². The number of ether oxygens (including phenoxy) is 2. The third-order valence-corrected chi connectivity index (χ3v) is 2.79. The van der Waals surface area contributed by atoms with Gasteiger partial charge in [-0.3, -0.25) is 0 Å². The lowest BCUT2D eigenvalue weighted by atomic mass is 10.0. The molecule has 2 aromatic rings. The number of rotatable bonds is 4. The zero-order valence-corrected chi connectivity index (χ0v) is 10.5. The average Bonchev–Trinajstić information content (AvgIpc) is 2.39. The summed E-state index contributed by atoms with van der Waals surface area (Å²) in [5.74, 6) is 1.49. The summed E-state index contributed by atoms with van der Waals surface area (Å²) < 4.78 is 10.2. The van der Waals surface area contributed by atoms with Crippen LogP contribution in [0.1, 0.15) is 11.1 Å². The molecule has 2 aromatic carbocycles. The minimum atomic E-state index is 0.165. The molecule has 0 aliphatic carbocycles. The molecule has 0 aliphatic rings. The van der Waals surface area contributed by atoms with Crippen LogP contribution in [0.15, 0.2) is 42.5 Å². The van der Waals surface area contributed by atoms with E-state index in [2.05, 4.69) is 0 Å². The molecule has 0 aromatic heterocycles. The van der Waals surface area contributed by atoms with E-state index in [-0.39, 0.29) is 5.75 Å². The molecule has 0 unspecified atom stereocenters. The molecular formula is C15H16O3. The van der Waals surface area contributed by atoms with Crippen LogP contribution in [0.4, 0.5) is 0 Å². The Hall–Kier alpha value is -2.16. The summed E-state index contributed by atoms with van der Waals surface area (Å²) in [4.78, 5) is 0. The van der Waals surface area contributed by atoms with Crippen LogP contribution in [0.5, 0.6) is 17.2 Å². The predicted octanol–water partition coefficient (Wildman–Crippen LogP) is 3.00. The Balaban J connectivity index is 2.20. The summed E-state index contributed by atoms with van der Waals surface area (Å²) in [5, 5.41) is 9.72. The van der Waals surface area contributed by atoms with Gasteiger partial charge in [0.2, 0.25) is 0 Å². The summed E-state index contributed by atoms with van der Waals surface area (Å²) >= 11 is 0.